The predicted molar refractivity (Wildman–Crippen MR) is 90.3 cm³/mol. The molecule has 24 heavy (non-hydrogen) atoms. The molecule has 3 saturated heterocycles. The van der Waals surface area contributed by atoms with Crippen molar-refractivity contribution >= 4 is 27.3 Å². The van der Waals surface area contributed by atoms with Crippen LogP contribution in [0.4, 0.5) is 0 Å². The summed E-state index contributed by atoms with van der Waals surface area (Å²) in [5.74, 6) is 0.435. The van der Waals surface area contributed by atoms with E-state index in [4.69, 9.17) is 4.74 Å². The van der Waals surface area contributed by atoms with Crippen molar-refractivity contribution in [1.29, 1.82) is 0 Å². The minimum Gasteiger partial charge on any atom is -0.372 e. The van der Waals surface area contributed by atoms with Gasteiger partial charge in [-0.25, -0.2) is 8.42 Å². The Hall–Kier alpha value is -0.960. The zero-order valence-electron chi connectivity index (χ0n) is 13.5. The number of ether oxygens (including phenoxy) is 1. The van der Waals surface area contributed by atoms with E-state index in [1.54, 1.807) is 17.5 Å². The highest BCUT2D eigenvalue weighted by molar-refractivity contribution is 7.91. The monoisotopic (exact) mass is 370 g/mol. The van der Waals surface area contributed by atoms with E-state index < -0.39 is 10.0 Å². The molecule has 3 fully saturated rings. The van der Waals surface area contributed by atoms with Crippen molar-refractivity contribution in [3.63, 3.8) is 0 Å². The number of thiophene rings is 1. The van der Waals surface area contributed by atoms with Crippen LogP contribution in [0, 0.1) is 5.92 Å². The molecular weight excluding hydrogens is 348 g/mol. The molecule has 4 rings (SSSR count). The van der Waals surface area contributed by atoms with Gasteiger partial charge in [-0.1, -0.05) is 6.07 Å². The average molecular weight is 370 g/mol. The van der Waals surface area contributed by atoms with Gasteiger partial charge >= 0.3 is 0 Å². The molecule has 0 saturated carbocycles. The van der Waals surface area contributed by atoms with Crippen molar-refractivity contribution in [3.05, 3.63) is 17.5 Å². The molecule has 4 heterocycles. The highest BCUT2D eigenvalue weighted by Crippen LogP contribution is 2.42. The van der Waals surface area contributed by atoms with Crippen LogP contribution in [-0.4, -0.2) is 61.9 Å². The fraction of sp³-hybridized carbons (Fsp3) is 0.688. The zero-order valence-corrected chi connectivity index (χ0v) is 15.2. The van der Waals surface area contributed by atoms with Crippen LogP contribution in [0.3, 0.4) is 0 Å². The van der Waals surface area contributed by atoms with Gasteiger partial charge in [-0.05, 0) is 36.6 Å². The van der Waals surface area contributed by atoms with Crippen molar-refractivity contribution in [2.45, 2.75) is 35.5 Å². The van der Waals surface area contributed by atoms with E-state index in [9.17, 15) is 13.2 Å². The highest BCUT2D eigenvalue weighted by atomic mass is 32.2. The average Bonchev–Trinajstić information content (AvgIpc) is 3.26. The molecule has 1 atom stereocenters. The topological polar surface area (TPSA) is 66.9 Å². The zero-order chi connectivity index (χ0) is 16.8. The number of hydrogen-bond donors (Lipinski definition) is 0. The van der Waals surface area contributed by atoms with Gasteiger partial charge in [0.15, 0.2) is 0 Å². The largest absolute Gasteiger partial charge is 0.372 e. The molecule has 1 aromatic rings. The molecule has 1 spiro atoms. The van der Waals surface area contributed by atoms with Crippen LogP contribution < -0.4 is 0 Å². The van der Waals surface area contributed by atoms with E-state index in [1.165, 1.54) is 15.6 Å². The third-order valence-electron chi connectivity index (χ3n) is 5.23. The smallest absolute Gasteiger partial charge is 0.252 e. The Bertz CT molecular complexity index is 704. The summed E-state index contributed by atoms with van der Waals surface area (Å²) >= 11 is 1.24. The maximum absolute atomic E-state index is 12.5. The molecule has 0 N–H and O–H groups in total. The summed E-state index contributed by atoms with van der Waals surface area (Å²) < 4.78 is 32.7. The van der Waals surface area contributed by atoms with E-state index >= 15 is 0 Å². The first-order valence-corrected chi connectivity index (χ1v) is 10.8. The Labute approximate surface area is 146 Å². The number of carbonyl (C=O) groups excluding carboxylic acids is 1. The van der Waals surface area contributed by atoms with Gasteiger partial charge in [0.2, 0.25) is 5.91 Å². The van der Waals surface area contributed by atoms with E-state index in [-0.39, 0.29) is 17.4 Å². The minimum atomic E-state index is -3.38. The van der Waals surface area contributed by atoms with Crippen molar-refractivity contribution < 1.29 is 17.9 Å². The van der Waals surface area contributed by atoms with Crippen LogP contribution >= 0.6 is 11.3 Å². The maximum Gasteiger partial charge on any atom is 0.252 e. The van der Waals surface area contributed by atoms with Gasteiger partial charge in [0.25, 0.3) is 10.0 Å². The lowest BCUT2D eigenvalue weighted by Gasteiger charge is -2.45. The fourth-order valence-corrected chi connectivity index (χ4v) is 6.67. The number of carbonyl (C=O) groups is 1. The van der Waals surface area contributed by atoms with Gasteiger partial charge in [-0.15, -0.1) is 11.3 Å². The summed E-state index contributed by atoms with van der Waals surface area (Å²) in [4.78, 5) is 14.2. The molecule has 0 radical (unpaired) electrons. The van der Waals surface area contributed by atoms with Crippen LogP contribution in [0.25, 0.3) is 0 Å². The summed E-state index contributed by atoms with van der Waals surface area (Å²) in [6.07, 6.45) is 3.52. The first kappa shape index (κ1) is 16.5. The summed E-state index contributed by atoms with van der Waals surface area (Å²) in [7, 11) is -3.38. The number of sulfonamides is 1. The molecule has 1 aromatic heterocycles. The number of hydrogen-bond acceptors (Lipinski definition) is 5. The quantitative estimate of drug-likeness (QED) is 0.806. The van der Waals surface area contributed by atoms with Crippen molar-refractivity contribution in [1.82, 2.24) is 9.21 Å². The Morgan fingerprint density at radius 2 is 2.08 bits per heavy atom. The van der Waals surface area contributed by atoms with Gasteiger partial charge in [0.05, 0.1) is 12.2 Å². The molecule has 1 unspecified atom stereocenters. The van der Waals surface area contributed by atoms with Crippen molar-refractivity contribution in [2.24, 2.45) is 5.92 Å². The Morgan fingerprint density at radius 1 is 1.33 bits per heavy atom. The van der Waals surface area contributed by atoms with Gasteiger partial charge < -0.3 is 9.64 Å². The fourth-order valence-electron chi connectivity index (χ4n) is 3.94. The van der Waals surface area contributed by atoms with Crippen LogP contribution in [0.2, 0.25) is 0 Å². The van der Waals surface area contributed by atoms with Crippen molar-refractivity contribution in [3.8, 4) is 0 Å². The highest BCUT2D eigenvalue weighted by Gasteiger charge is 2.54. The molecular formula is C16H22N2O4S2. The van der Waals surface area contributed by atoms with E-state index in [2.05, 4.69) is 0 Å². The predicted octanol–water partition coefficient (Wildman–Crippen LogP) is 1.54. The second kappa shape index (κ2) is 6.09. The van der Waals surface area contributed by atoms with Gasteiger partial charge in [0, 0.05) is 32.6 Å². The van der Waals surface area contributed by atoms with Gasteiger partial charge in [-0.2, -0.15) is 4.31 Å². The third-order valence-corrected chi connectivity index (χ3v) is 8.39. The molecule has 0 aromatic carbocycles. The third kappa shape index (κ3) is 2.89. The van der Waals surface area contributed by atoms with Gasteiger partial charge in [0.1, 0.15) is 4.21 Å². The number of likely N-dealkylation sites (tertiary alicyclic amines) is 1. The SMILES string of the molecule is O=C(CC1COC2(C1)CN(S(=O)(=O)c1cccs1)C2)N1CCCC1. The second-order valence-electron chi connectivity index (χ2n) is 7.06. The molecule has 3 aliphatic heterocycles. The summed E-state index contributed by atoms with van der Waals surface area (Å²) in [6, 6.07) is 3.39. The Balaban J connectivity index is 1.32. The molecule has 1 amide bonds. The number of nitrogens with zero attached hydrogens (tertiary/aromatic N) is 2. The number of rotatable bonds is 4. The first-order valence-electron chi connectivity index (χ1n) is 8.44. The van der Waals surface area contributed by atoms with E-state index in [0.29, 0.717) is 30.3 Å². The summed E-state index contributed by atoms with van der Waals surface area (Å²) in [5, 5.41) is 1.77. The maximum atomic E-state index is 12.5. The minimum absolute atomic E-state index is 0.213. The molecule has 0 aliphatic carbocycles. The summed E-state index contributed by atoms with van der Waals surface area (Å²) in [6.45, 7) is 3.13. The molecule has 3 aliphatic rings. The van der Waals surface area contributed by atoms with Crippen molar-refractivity contribution in [2.75, 3.05) is 32.8 Å². The Morgan fingerprint density at radius 3 is 2.75 bits per heavy atom. The van der Waals surface area contributed by atoms with Crippen LogP contribution in [-0.2, 0) is 19.6 Å². The lowest BCUT2D eigenvalue weighted by Crippen LogP contribution is -2.62. The lowest BCUT2D eigenvalue weighted by molar-refractivity contribution is -0.131. The first-order chi connectivity index (χ1) is 11.5. The molecule has 0 bridgehead atoms. The normalized spacial score (nSPS) is 26.8. The molecule has 132 valence electrons. The van der Waals surface area contributed by atoms with Crippen LogP contribution in [0.1, 0.15) is 25.7 Å². The van der Waals surface area contributed by atoms with E-state index in [0.717, 1.165) is 32.4 Å². The standard InChI is InChI=1S/C16H22N2O4S2/c19-14(17-5-1-2-6-17)8-13-9-16(22-10-13)11-18(12-16)24(20,21)15-4-3-7-23-15/h3-4,7,13H,1-2,5-6,8-12H2. The summed E-state index contributed by atoms with van der Waals surface area (Å²) in [5.41, 5.74) is -0.375. The number of amides is 1. The van der Waals surface area contributed by atoms with Gasteiger partial charge in [-0.3, -0.25) is 4.79 Å². The molecule has 8 heteroatoms. The van der Waals surface area contributed by atoms with E-state index in [1.807, 2.05) is 4.90 Å². The molecule has 6 nitrogen and oxygen atoms in total. The Kier molecular flexibility index (Phi) is 4.19. The van der Waals surface area contributed by atoms with Crippen LogP contribution in [0.15, 0.2) is 21.7 Å². The lowest BCUT2D eigenvalue weighted by atomic mass is 9.87. The van der Waals surface area contributed by atoms with Crippen LogP contribution in [0.5, 0.6) is 0 Å². The second-order valence-corrected chi connectivity index (χ2v) is 10.2.